The lowest BCUT2D eigenvalue weighted by molar-refractivity contribution is -0.133. The molecule has 2 aliphatic rings. The van der Waals surface area contributed by atoms with Gasteiger partial charge in [-0.05, 0) is 25.0 Å². The van der Waals surface area contributed by atoms with Gasteiger partial charge in [-0.25, -0.2) is 14.2 Å². The first kappa shape index (κ1) is 20.0. The molecule has 0 radical (unpaired) electrons. The van der Waals surface area contributed by atoms with Crippen LogP contribution >= 0.6 is 23.4 Å². The smallest absolute Gasteiger partial charge is 0.336 e. The summed E-state index contributed by atoms with van der Waals surface area (Å²) in [6.45, 7) is 2.72. The van der Waals surface area contributed by atoms with Crippen molar-refractivity contribution in [1.29, 1.82) is 0 Å². The van der Waals surface area contributed by atoms with Crippen LogP contribution in [0.2, 0.25) is 5.02 Å². The fourth-order valence-electron chi connectivity index (χ4n) is 3.82. The lowest BCUT2D eigenvalue weighted by Crippen LogP contribution is -2.44. The minimum atomic E-state index is -1.13. The van der Waals surface area contributed by atoms with E-state index in [4.69, 9.17) is 16.6 Å². The average molecular weight is 431 g/mol. The highest BCUT2D eigenvalue weighted by Crippen LogP contribution is 2.46. The van der Waals surface area contributed by atoms with E-state index in [0.717, 1.165) is 18.0 Å². The van der Waals surface area contributed by atoms with E-state index in [1.807, 2.05) is 35.2 Å². The molecule has 150 valence electrons. The van der Waals surface area contributed by atoms with E-state index < -0.39 is 17.8 Å². The number of aliphatic carboxylic acids is 1. The lowest BCUT2D eigenvalue weighted by atomic mass is 9.91. The molecular weight excluding hydrogens is 411 g/mol. The monoisotopic (exact) mass is 430 g/mol. The summed E-state index contributed by atoms with van der Waals surface area (Å²) in [6, 6.07) is 12.8. The van der Waals surface area contributed by atoms with Crippen LogP contribution < -0.4 is 0 Å². The van der Waals surface area contributed by atoms with Crippen molar-refractivity contribution in [2.24, 2.45) is 4.99 Å². The molecule has 4 nitrogen and oxygen atoms in total. The van der Waals surface area contributed by atoms with E-state index in [1.54, 1.807) is 17.8 Å². The number of fused-ring (bicyclic) bond motifs is 1. The van der Waals surface area contributed by atoms with Gasteiger partial charge in [0.05, 0.1) is 17.3 Å². The fraction of sp³-hybridized carbons (Fsp3) is 0.273. The van der Waals surface area contributed by atoms with Crippen molar-refractivity contribution in [3.63, 3.8) is 0 Å². The molecule has 7 heteroatoms. The summed E-state index contributed by atoms with van der Waals surface area (Å²) in [6.07, 6.45) is 1.86. The molecule has 1 saturated heterocycles. The molecule has 29 heavy (non-hydrogen) atoms. The van der Waals surface area contributed by atoms with Crippen LogP contribution in [-0.2, 0) is 4.79 Å². The van der Waals surface area contributed by atoms with E-state index in [9.17, 15) is 14.3 Å². The zero-order valence-electron chi connectivity index (χ0n) is 15.8. The van der Waals surface area contributed by atoms with Crippen molar-refractivity contribution in [3.8, 4) is 0 Å². The van der Waals surface area contributed by atoms with Crippen LogP contribution in [0.15, 0.2) is 59.1 Å². The third-order valence-corrected chi connectivity index (χ3v) is 7.03. The Labute approximate surface area is 178 Å². The highest BCUT2D eigenvalue weighted by Gasteiger charge is 2.42. The van der Waals surface area contributed by atoms with Gasteiger partial charge in [-0.15, -0.1) is 0 Å². The van der Waals surface area contributed by atoms with Gasteiger partial charge >= 0.3 is 5.97 Å². The van der Waals surface area contributed by atoms with Crippen molar-refractivity contribution < 1.29 is 14.3 Å². The number of rotatable bonds is 4. The molecule has 2 unspecified atom stereocenters. The maximum Gasteiger partial charge on any atom is 0.336 e. The van der Waals surface area contributed by atoms with E-state index in [-0.39, 0.29) is 16.2 Å². The molecule has 1 N–H and O–H groups in total. The molecule has 0 aliphatic carbocycles. The summed E-state index contributed by atoms with van der Waals surface area (Å²) in [5, 5.41) is 11.5. The second-order valence-corrected chi connectivity index (χ2v) is 8.67. The van der Waals surface area contributed by atoms with E-state index in [0.29, 0.717) is 23.1 Å². The number of carbonyl (C=O) groups is 1. The first-order chi connectivity index (χ1) is 14.0. The number of hydrogen-bond donors (Lipinski definition) is 1. The van der Waals surface area contributed by atoms with Gasteiger partial charge in [0.15, 0.2) is 5.17 Å². The lowest BCUT2D eigenvalue weighted by Gasteiger charge is -2.42. The Morgan fingerprint density at radius 1 is 1.28 bits per heavy atom. The predicted molar refractivity (Wildman–Crippen MR) is 116 cm³/mol. The summed E-state index contributed by atoms with van der Waals surface area (Å²) < 4.78 is 14.9. The summed E-state index contributed by atoms with van der Waals surface area (Å²) >= 11 is 8.01. The zero-order valence-corrected chi connectivity index (χ0v) is 17.4. The Morgan fingerprint density at radius 3 is 2.69 bits per heavy atom. The van der Waals surface area contributed by atoms with Gasteiger partial charge in [-0.1, -0.05) is 66.7 Å². The molecular formula is C22H20ClFN2O2S. The molecule has 2 heterocycles. The summed E-state index contributed by atoms with van der Waals surface area (Å²) in [7, 11) is 0. The first-order valence-corrected chi connectivity index (χ1v) is 10.8. The normalized spacial score (nSPS) is 21.6. The maximum atomic E-state index is 14.9. The van der Waals surface area contributed by atoms with Crippen molar-refractivity contribution in [1.82, 2.24) is 4.90 Å². The number of benzene rings is 2. The summed E-state index contributed by atoms with van der Waals surface area (Å²) in [5.41, 5.74) is 1.28. The van der Waals surface area contributed by atoms with E-state index in [1.165, 1.54) is 12.1 Å². The Bertz CT molecular complexity index is 989. The van der Waals surface area contributed by atoms with Gasteiger partial charge in [0.2, 0.25) is 0 Å². The molecule has 1 fully saturated rings. The molecule has 0 saturated carbocycles. The van der Waals surface area contributed by atoms with Crippen LogP contribution in [0, 0.1) is 5.82 Å². The molecule has 4 rings (SSSR count). The van der Waals surface area contributed by atoms with Crippen molar-refractivity contribution >= 4 is 40.2 Å². The number of halogens is 2. The van der Waals surface area contributed by atoms with Crippen molar-refractivity contribution in [2.45, 2.75) is 31.1 Å². The third-order valence-electron chi connectivity index (χ3n) is 5.26. The van der Waals surface area contributed by atoms with Crippen LogP contribution in [0.1, 0.15) is 36.9 Å². The van der Waals surface area contributed by atoms with E-state index in [2.05, 4.69) is 6.92 Å². The standard InChI is InChI=1S/C22H20ClFN2O2S/c1-2-14-11-12-26-20(17-15(23)9-6-10-16(17)24)18(21(27)28)19(25-22(26)29-14)13-7-4-3-5-8-13/h3-10,14,20H,2,11-12H2,1H3,(H,27,28). The highest BCUT2D eigenvalue weighted by atomic mass is 35.5. The third kappa shape index (κ3) is 3.67. The minimum absolute atomic E-state index is 0.0440. The number of nitrogens with zero attached hydrogens (tertiary/aromatic N) is 2. The number of carboxylic acid groups (broad SMARTS) is 1. The molecule has 2 aliphatic heterocycles. The van der Waals surface area contributed by atoms with Crippen LogP contribution in [0.4, 0.5) is 4.39 Å². The van der Waals surface area contributed by atoms with Gasteiger partial charge in [0.25, 0.3) is 0 Å². The van der Waals surface area contributed by atoms with Crippen molar-refractivity contribution in [3.05, 3.63) is 76.1 Å². The SMILES string of the molecule is CCC1CCN2C(=NC(c3ccccc3)=C(C(=O)O)C2c2c(F)cccc2Cl)S1. The minimum Gasteiger partial charge on any atom is -0.478 e. The molecule has 2 aromatic rings. The Kier molecular flexibility index (Phi) is 5.65. The predicted octanol–water partition coefficient (Wildman–Crippen LogP) is 5.60. The molecule has 0 aromatic heterocycles. The highest BCUT2D eigenvalue weighted by molar-refractivity contribution is 8.14. The molecule has 2 aromatic carbocycles. The van der Waals surface area contributed by atoms with Gasteiger partial charge in [-0.2, -0.15) is 0 Å². The first-order valence-electron chi connectivity index (χ1n) is 9.50. The second kappa shape index (κ2) is 8.20. The molecule has 0 amide bonds. The van der Waals surface area contributed by atoms with Gasteiger partial charge in [-0.3, -0.25) is 0 Å². The van der Waals surface area contributed by atoms with Crippen LogP contribution in [0.5, 0.6) is 0 Å². The van der Waals surface area contributed by atoms with Crippen molar-refractivity contribution in [2.75, 3.05) is 6.54 Å². The number of thioether (sulfide) groups is 1. The van der Waals surface area contributed by atoms with Gasteiger partial charge in [0.1, 0.15) is 5.82 Å². The molecule has 0 spiro atoms. The number of carboxylic acids is 1. The molecule has 2 atom stereocenters. The summed E-state index contributed by atoms with van der Waals surface area (Å²) in [4.78, 5) is 19.0. The van der Waals surface area contributed by atoms with E-state index >= 15 is 0 Å². The van der Waals surface area contributed by atoms with Gasteiger partial charge < -0.3 is 10.0 Å². The Balaban J connectivity index is 1.98. The number of amidine groups is 1. The zero-order chi connectivity index (χ0) is 20.5. The van der Waals surface area contributed by atoms with Crippen LogP contribution in [-0.4, -0.2) is 32.9 Å². The topological polar surface area (TPSA) is 52.9 Å². The van der Waals surface area contributed by atoms with Crippen LogP contribution in [0.25, 0.3) is 5.70 Å². The maximum absolute atomic E-state index is 14.9. The Morgan fingerprint density at radius 2 is 2.03 bits per heavy atom. The van der Waals surface area contributed by atoms with Crippen LogP contribution in [0.3, 0.4) is 0 Å². The number of hydrogen-bond acceptors (Lipinski definition) is 4. The summed E-state index contributed by atoms with van der Waals surface area (Å²) in [5.74, 6) is -1.64. The Hall–Kier alpha value is -2.31. The second-order valence-electron chi connectivity index (χ2n) is 7.00. The van der Waals surface area contributed by atoms with Gasteiger partial charge in [0, 0.05) is 27.9 Å². The number of aliphatic imine (C=N–C) groups is 1. The quantitative estimate of drug-likeness (QED) is 0.685. The largest absolute Gasteiger partial charge is 0.478 e. The fourth-order valence-corrected chi connectivity index (χ4v) is 5.25. The average Bonchev–Trinajstić information content (AvgIpc) is 2.73. The molecule has 0 bridgehead atoms.